The molecule has 0 bridgehead atoms. The minimum absolute atomic E-state index is 0.202. The highest BCUT2D eigenvalue weighted by molar-refractivity contribution is 7.91. The first-order valence-corrected chi connectivity index (χ1v) is 8.88. The first kappa shape index (κ1) is 17.1. The first-order chi connectivity index (χ1) is 9.46. The number of rotatable bonds is 9. The normalized spacial score (nSPS) is 13.3. The van der Waals surface area contributed by atoms with Crippen LogP contribution >= 0.6 is 0 Å². The largest absolute Gasteiger partial charge is 0.319 e. The molecule has 0 amide bonds. The summed E-state index contributed by atoms with van der Waals surface area (Å²) >= 11 is 0. The van der Waals surface area contributed by atoms with Crippen LogP contribution in [-0.4, -0.2) is 33.5 Å². The molecule has 0 radical (unpaired) electrons. The van der Waals surface area contributed by atoms with Gasteiger partial charge in [0, 0.05) is 5.75 Å². The lowest BCUT2D eigenvalue weighted by Crippen LogP contribution is -2.24. The van der Waals surface area contributed by atoms with Crippen LogP contribution in [0.1, 0.15) is 25.3 Å². The maximum atomic E-state index is 13.2. The molecule has 1 unspecified atom stereocenters. The summed E-state index contributed by atoms with van der Waals surface area (Å²) in [6.45, 7) is 2.60. The summed E-state index contributed by atoms with van der Waals surface area (Å²) in [5.41, 5.74) is 0.915. The van der Waals surface area contributed by atoms with E-state index in [0.29, 0.717) is 19.3 Å². The Morgan fingerprint density at radius 2 is 2.05 bits per heavy atom. The molecule has 0 aliphatic heterocycles. The number of nitrogens with one attached hydrogen (secondary N) is 1. The van der Waals surface area contributed by atoms with Crippen molar-refractivity contribution in [3.8, 4) is 0 Å². The Labute approximate surface area is 121 Å². The van der Waals surface area contributed by atoms with E-state index in [1.807, 2.05) is 20.0 Å². The molecular formula is C15H24FNO2S. The Kier molecular flexibility index (Phi) is 7.16. The van der Waals surface area contributed by atoms with Crippen LogP contribution in [0.25, 0.3) is 0 Å². The zero-order chi connectivity index (χ0) is 15.0. The van der Waals surface area contributed by atoms with Crippen LogP contribution in [0.3, 0.4) is 0 Å². The molecule has 1 aromatic carbocycles. The van der Waals surface area contributed by atoms with Crippen molar-refractivity contribution in [3.63, 3.8) is 0 Å². The van der Waals surface area contributed by atoms with Crippen molar-refractivity contribution in [1.29, 1.82) is 0 Å². The van der Waals surface area contributed by atoms with Gasteiger partial charge in [0.1, 0.15) is 15.7 Å². The highest BCUT2D eigenvalue weighted by atomic mass is 32.2. The molecule has 0 aromatic heterocycles. The van der Waals surface area contributed by atoms with Crippen molar-refractivity contribution in [3.05, 3.63) is 35.6 Å². The molecule has 1 aromatic rings. The number of benzene rings is 1. The van der Waals surface area contributed by atoms with Gasteiger partial charge in [0.05, 0.1) is 5.75 Å². The van der Waals surface area contributed by atoms with Gasteiger partial charge in [0.25, 0.3) is 0 Å². The monoisotopic (exact) mass is 301 g/mol. The van der Waals surface area contributed by atoms with E-state index >= 15 is 0 Å². The minimum Gasteiger partial charge on any atom is -0.319 e. The van der Waals surface area contributed by atoms with Crippen LogP contribution in [0.4, 0.5) is 4.39 Å². The minimum atomic E-state index is -2.95. The van der Waals surface area contributed by atoms with Gasteiger partial charge in [0.15, 0.2) is 0 Å². The van der Waals surface area contributed by atoms with E-state index in [2.05, 4.69) is 5.32 Å². The fraction of sp³-hybridized carbons (Fsp3) is 0.600. The topological polar surface area (TPSA) is 46.2 Å². The highest BCUT2D eigenvalue weighted by Gasteiger charge is 2.15. The van der Waals surface area contributed by atoms with Crippen LogP contribution in [0.15, 0.2) is 24.3 Å². The maximum Gasteiger partial charge on any atom is 0.150 e. The maximum absolute atomic E-state index is 13.2. The zero-order valence-electron chi connectivity index (χ0n) is 12.2. The fourth-order valence-corrected chi connectivity index (χ4v) is 3.84. The highest BCUT2D eigenvalue weighted by Crippen LogP contribution is 2.14. The van der Waals surface area contributed by atoms with Gasteiger partial charge in [-0.05, 0) is 56.5 Å². The van der Waals surface area contributed by atoms with Gasteiger partial charge < -0.3 is 5.32 Å². The van der Waals surface area contributed by atoms with Crippen molar-refractivity contribution in [2.45, 2.75) is 26.2 Å². The quantitative estimate of drug-likeness (QED) is 0.762. The van der Waals surface area contributed by atoms with E-state index < -0.39 is 9.84 Å². The number of sulfone groups is 1. The molecular weight excluding hydrogens is 277 g/mol. The fourth-order valence-electron chi connectivity index (χ4n) is 2.32. The number of halogens is 1. The Hall–Kier alpha value is -0.940. The Morgan fingerprint density at radius 1 is 1.30 bits per heavy atom. The van der Waals surface area contributed by atoms with E-state index in [0.717, 1.165) is 12.1 Å². The summed E-state index contributed by atoms with van der Waals surface area (Å²) in [5.74, 6) is 0.416. The molecule has 5 heteroatoms. The van der Waals surface area contributed by atoms with E-state index in [-0.39, 0.29) is 23.2 Å². The van der Waals surface area contributed by atoms with Gasteiger partial charge in [-0.3, -0.25) is 0 Å². The lowest BCUT2D eigenvalue weighted by atomic mass is 9.97. The molecule has 0 aliphatic carbocycles. The van der Waals surface area contributed by atoms with Gasteiger partial charge in [-0.1, -0.05) is 19.1 Å². The zero-order valence-corrected chi connectivity index (χ0v) is 13.0. The number of hydrogen-bond donors (Lipinski definition) is 1. The Bertz CT molecular complexity index is 502. The third-order valence-corrected chi connectivity index (χ3v) is 5.15. The Balaban J connectivity index is 2.61. The van der Waals surface area contributed by atoms with Crippen molar-refractivity contribution in [2.24, 2.45) is 5.92 Å². The summed E-state index contributed by atoms with van der Waals surface area (Å²) in [5, 5.41) is 3.08. The molecule has 3 nitrogen and oxygen atoms in total. The first-order valence-electron chi connectivity index (χ1n) is 7.06. The van der Waals surface area contributed by atoms with Crippen LogP contribution in [0.2, 0.25) is 0 Å². The molecule has 1 rings (SSSR count). The second kappa shape index (κ2) is 8.37. The van der Waals surface area contributed by atoms with Crippen LogP contribution < -0.4 is 5.32 Å². The average Bonchev–Trinajstić information content (AvgIpc) is 2.36. The molecule has 1 N–H and O–H groups in total. The molecule has 0 aliphatic rings. The second-order valence-corrected chi connectivity index (χ2v) is 7.50. The summed E-state index contributed by atoms with van der Waals surface area (Å²) in [4.78, 5) is 0. The van der Waals surface area contributed by atoms with Crippen molar-refractivity contribution >= 4 is 9.84 Å². The van der Waals surface area contributed by atoms with E-state index in [1.165, 1.54) is 12.1 Å². The predicted octanol–water partition coefficient (Wildman–Crippen LogP) is 2.42. The molecule has 1 atom stereocenters. The third-order valence-electron chi connectivity index (χ3n) is 3.26. The standard InChI is InChI=1S/C15H24FNO2S/c1-3-8-20(18,19)9-7-14(12-17-2)10-13-5-4-6-15(16)11-13/h4-6,11,14,17H,3,7-10,12H2,1-2H3. The van der Waals surface area contributed by atoms with Gasteiger partial charge in [-0.25, -0.2) is 12.8 Å². The second-order valence-electron chi connectivity index (χ2n) is 5.20. The molecule has 0 spiro atoms. The predicted molar refractivity (Wildman–Crippen MR) is 81.1 cm³/mol. The van der Waals surface area contributed by atoms with Gasteiger partial charge in [0.2, 0.25) is 0 Å². The summed E-state index contributed by atoms with van der Waals surface area (Å²) < 4.78 is 36.7. The average molecular weight is 301 g/mol. The van der Waals surface area contributed by atoms with E-state index in [4.69, 9.17) is 0 Å². The van der Waals surface area contributed by atoms with Crippen LogP contribution in [-0.2, 0) is 16.3 Å². The third kappa shape index (κ3) is 6.48. The smallest absolute Gasteiger partial charge is 0.150 e. The SMILES string of the molecule is CCCS(=O)(=O)CCC(CNC)Cc1cccc(F)c1. The van der Waals surface area contributed by atoms with Crippen LogP contribution in [0.5, 0.6) is 0 Å². The molecule has 20 heavy (non-hydrogen) atoms. The number of hydrogen-bond acceptors (Lipinski definition) is 3. The molecule has 0 fully saturated rings. The van der Waals surface area contributed by atoms with E-state index in [1.54, 1.807) is 6.07 Å². The van der Waals surface area contributed by atoms with E-state index in [9.17, 15) is 12.8 Å². The van der Waals surface area contributed by atoms with Crippen molar-refractivity contribution in [1.82, 2.24) is 5.32 Å². The van der Waals surface area contributed by atoms with Gasteiger partial charge in [-0.15, -0.1) is 0 Å². The van der Waals surface area contributed by atoms with Crippen LogP contribution in [0, 0.1) is 11.7 Å². The molecule has 0 saturated heterocycles. The lowest BCUT2D eigenvalue weighted by Gasteiger charge is -2.16. The summed E-state index contributed by atoms with van der Waals surface area (Å²) in [6.07, 6.45) is 1.96. The molecule has 0 heterocycles. The molecule has 0 saturated carbocycles. The van der Waals surface area contributed by atoms with Crippen molar-refractivity contribution < 1.29 is 12.8 Å². The summed E-state index contributed by atoms with van der Waals surface area (Å²) in [7, 11) is -1.10. The lowest BCUT2D eigenvalue weighted by molar-refractivity contribution is 0.476. The van der Waals surface area contributed by atoms with Gasteiger partial charge >= 0.3 is 0 Å². The van der Waals surface area contributed by atoms with Crippen molar-refractivity contribution in [2.75, 3.05) is 25.1 Å². The van der Waals surface area contributed by atoms with Gasteiger partial charge in [-0.2, -0.15) is 0 Å². The summed E-state index contributed by atoms with van der Waals surface area (Å²) in [6, 6.07) is 6.51. The molecule has 114 valence electrons. The Morgan fingerprint density at radius 3 is 2.65 bits per heavy atom.